The minimum Gasteiger partial charge on any atom is -0.259 e. The van der Waals surface area contributed by atoms with Crippen molar-refractivity contribution in [3.05, 3.63) is 21.4 Å². The van der Waals surface area contributed by atoms with Crippen LogP contribution in [0.5, 0.6) is 0 Å². The third-order valence-corrected chi connectivity index (χ3v) is 10.9. The van der Waals surface area contributed by atoms with E-state index in [0.717, 1.165) is 42.6 Å². The Balaban J connectivity index is 1.59. The number of nitrogens with zero attached hydrogens (tertiary/aromatic N) is 1. The SMILES string of the molecule is CC(C)CCC[C@H](C)[C@@H]1CC[C@@H]2[C@H]3CC([N+](=O)[O-])=C4C[C@@H](Cl)CC[C@]4(C)[C@@H]3CC[C@]21C. The van der Waals surface area contributed by atoms with E-state index in [-0.39, 0.29) is 15.7 Å². The Labute approximate surface area is 194 Å². The second-order valence-corrected chi connectivity index (χ2v) is 13.2. The van der Waals surface area contributed by atoms with Crippen molar-refractivity contribution in [2.75, 3.05) is 0 Å². The topological polar surface area (TPSA) is 43.1 Å². The highest BCUT2D eigenvalue weighted by Gasteiger charge is 2.61. The molecule has 4 heteroatoms. The Bertz CT molecular complexity index is 733. The molecule has 0 bridgehead atoms. The van der Waals surface area contributed by atoms with Crippen LogP contribution in [0.15, 0.2) is 11.3 Å². The van der Waals surface area contributed by atoms with Crippen molar-refractivity contribution in [1.29, 1.82) is 0 Å². The molecule has 0 radical (unpaired) electrons. The third-order valence-electron chi connectivity index (χ3n) is 10.5. The van der Waals surface area contributed by atoms with Gasteiger partial charge in [-0.05, 0) is 91.3 Å². The fourth-order valence-corrected chi connectivity index (χ4v) is 9.20. The summed E-state index contributed by atoms with van der Waals surface area (Å²) in [4.78, 5) is 12.1. The molecule has 0 aromatic carbocycles. The second kappa shape index (κ2) is 8.65. The smallest absolute Gasteiger partial charge is 0.246 e. The van der Waals surface area contributed by atoms with Gasteiger partial charge in [0.1, 0.15) is 0 Å². The van der Waals surface area contributed by atoms with E-state index in [4.69, 9.17) is 11.6 Å². The van der Waals surface area contributed by atoms with Gasteiger partial charge in [-0.25, -0.2) is 0 Å². The molecule has 0 aromatic rings. The first-order chi connectivity index (χ1) is 14.6. The molecule has 3 saturated carbocycles. The minimum absolute atomic E-state index is 0.000985. The predicted molar refractivity (Wildman–Crippen MR) is 129 cm³/mol. The lowest BCUT2D eigenvalue weighted by Gasteiger charge is -2.58. The lowest BCUT2D eigenvalue weighted by Crippen LogP contribution is -2.52. The van der Waals surface area contributed by atoms with Crippen LogP contribution in [-0.2, 0) is 0 Å². The molecule has 4 aliphatic rings. The van der Waals surface area contributed by atoms with Gasteiger partial charge in [0, 0.05) is 17.4 Å². The van der Waals surface area contributed by atoms with Crippen molar-refractivity contribution in [2.24, 2.45) is 46.3 Å². The molecule has 0 aliphatic heterocycles. The van der Waals surface area contributed by atoms with Crippen LogP contribution in [0.3, 0.4) is 0 Å². The summed E-state index contributed by atoms with van der Waals surface area (Å²) in [6, 6.07) is 0. The minimum atomic E-state index is -0.0361. The van der Waals surface area contributed by atoms with Gasteiger partial charge in [-0.15, -0.1) is 11.6 Å². The third kappa shape index (κ3) is 4.00. The number of hydrogen-bond donors (Lipinski definition) is 0. The van der Waals surface area contributed by atoms with E-state index < -0.39 is 0 Å². The number of halogens is 1. The number of alkyl halides is 1. The number of nitro groups is 1. The molecule has 0 unspecified atom stereocenters. The van der Waals surface area contributed by atoms with Gasteiger partial charge in [0.25, 0.3) is 0 Å². The van der Waals surface area contributed by atoms with E-state index in [9.17, 15) is 10.1 Å². The zero-order chi connectivity index (χ0) is 22.6. The van der Waals surface area contributed by atoms with Gasteiger partial charge >= 0.3 is 0 Å². The summed E-state index contributed by atoms with van der Waals surface area (Å²) in [6.45, 7) is 12.1. The summed E-state index contributed by atoms with van der Waals surface area (Å²) in [5.41, 5.74) is 2.04. The van der Waals surface area contributed by atoms with Crippen molar-refractivity contribution >= 4 is 11.6 Å². The Morgan fingerprint density at radius 3 is 2.45 bits per heavy atom. The Kier molecular flexibility index (Phi) is 6.58. The summed E-state index contributed by atoms with van der Waals surface area (Å²) in [6.07, 6.45) is 12.7. The molecule has 8 atom stereocenters. The van der Waals surface area contributed by atoms with Crippen LogP contribution in [0.1, 0.15) is 105 Å². The monoisotopic (exact) mass is 449 g/mol. The van der Waals surface area contributed by atoms with Crippen LogP contribution in [0, 0.1) is 56.5 Å². The van der Waals surface area contributed by atoms with Gasteiger partial charge in [-0.2, -0.15) is 0 Å². The first kappa shape index (κ1) is 23.6. The largest absolute Gasteiger partial charge is 0.259 e. The van der Waals surface area contributed by atoms with Crippen molar-refractivity contribution in [3.63, 3.8) is 0 Å². The maximum Gasteiger partial charge on any atom is 0.246 e. The van der Waals surface area contributed by atoms with Crippen LogP contribution in [0.25, 0.3) is 0 Å². The maximum atomic E-state index is 12.2. The van der Waals surface area contributed by atoms with Crippen molar-refractivity contribution in [2.45, 2.75) is 111 Å². The molecule has 4 rings (SSSR count). The Hall–Kier alpha value is -0.570. The lowest BCUT2D eigenvalue weighted by molar-refractivity contribution is -0.434. The Morgan fingerprint density at radius 2 is 1.77 bits per heavy atom. The average Bonchev–Trinajstić information content (AvgIpc) is 3.05. The molecular formula is C27H44ClNO2. The highest BCUT2D eigenvalue weighted by Crippen LogP contribution is 2.68. The Morgan fingerprint density at radius 1 is 1.03 bits per heavy atom. The van der Waals surface area contributed by atoms with Gasteiger partial charge in [-0.3, -0.25) is 10.1 Å². The van der Waals surface area contributed by atoms with E-state index >= 15 is 0 Å². The first-order valence-corrected chi connectivity index (χ1v) is 13.5. The predicted octanol–water partition coefficient (Wildman–Crippen LogP) is 8.24. The van der Waals surface area contributed by atoms with Crippen molar-refractivity contribution < 1.29 is 4.92 Å². The number of rotatable bonds is 6. The highest BCUT2D eigenvalue weighted by molar-refractivity contribution is 6.20. The molecule has 3 fully saturated rings. The summed E-state index contributed by atoms with van der Waals surface area (Å²) in [5.74, 6) is 4.13. The fourth-order valence-electron chi connectivity index (χ4n) is 8.94. The zero-order valence-electron chi connectivity index (χ0n) is 20.5. The molecule has 176 valence electrons. The van der Waals surface area contributed by atoms with Crippen molar-refractivity contribution in [1.82, 2.24) is 0 Å². The lowest BCUT2D eigenvalue weighted by atomic mass is 9.46. The molecule has 0 aromatic heterocycles. The molecule has 0 N–H and O–H groups in total. The summed E-state index contributed by atoms with van der Waals surface area (Å²) >= 11 is 6.51. The van der Waals surface area contributed by atoms with Crippen LogP contribution in [-0.4, -0.2) is 10.3 Å². The van der Waals surface area contributed by atoms with Gasteiger partial charge in [0.2, 0.25) is 5.70 Å². The van der Waals surface area contributed by atoms with Crippen LogP contribution in [0.2, 0.25) is 0 Å². The first-order valence-electron chi connectivity index (χ1n) is 13.1. The van der Waals surface area contributed by atoms with Crippen LogP contribution >= 0.6 is 11.6 Å². The van der Waals surface area contributed by atoms with Gasteiger partial charge < -0.3 is 0 Å². The number of fused-ring (bicyclic) bond motifs is 5. The molecule has 31 heavy (non-hydrogen) atoms. The van der Waals surface area contributed by atoms with E-state index in [1.165, 1.54) is 44.9 Å². The van der Waals surface area contributed by atoms with Crippen molar-refractivity contribution in [3.8, 4) is 0 Å². The van der Waals surface area contributed by atoms with Crippen LogP contribution in [0.4, 0.5) is 0 Å². The summed E-state index contributed by atoms with van der Waals surface area (Å²) in [5, 5.41) is 12.2. The normalized spacial score (nSPS) is 43.4. The molecule has 0 amide bonds. The second-order valence-electron chi connectivity index (χ2n) is 12.6. The number of hydrogen-bond acceptors (Lipinski definition) is 2. The van der Waals surface area contributed by atoms with E-state index in [0.29, 0.717) is 35.3 Å². The van der Waals surface area contributed by atoms with Gasteiger partial charge in [0.05, 0.1) is 4.92 Å². The van der Waals surface area contributed by atoms with Gasteiger partial charge in [-0.1, -0.05) is 53.9 Å². The maximum absolute atomic E-state index is 12.2. The molecule has 3 nitrogen and oxygen atoms in total. The molecule has 0 heterocycles. The molecule has 4 aliphatic carbocycles. The van der Waals surface area contributed by atoms with E-state index in [2.05, 4.69) is 34.6 Å². The standard InChI is InChI=1S/C27H44ClNO2/c1-17(2)7-6-8-18(3)21-9-10-22-20-16-25(29(30)31)24-15-19(28)11-13-27(24,5)23(20)12-14-26(21,22)4/h17-23H,6-16H2,1-5H3/t18-,19-,20+,21-,22+,23+,26-,27+/m0/s1. The van der Waals surface area contributed by atoms with E-state index in [1.54, 1.807) is 0 Å². The van der Waals surface area contributed by atoms with E-state index in [1.807, 2.05) is 0 Å². The molecule has 0 saturated heterocycles. The fraction of sp³-hybridized carbons (Fsp3) is 0.926. The molecular weight excluding hydrogens is 406 g/mol. The summed E-state index contributed by atoms with van der Waals surface area (Å²) in [7, 11) is 0. The number of allylic oxidation sites excluding steroid dienone is 2. The quantitative estimate of drug-likeness (QED) is 0.232. The zero-order valence-corrected chi connectivity index (χ0v) is 21.2. The van der Waals surface area contributed by atoms with Gasteiger partial charge in [0.15, 0.2) is 0 Å². The highest BCUT2D eigenvalue weighted by atomic mass is 35.5. The molecule has 0 spiro atoms. The van der Waals surface area contributed by atoms with Crippen LogP contribution < -0.4 is 0 Å². The summed E-state index contributed by atoms with van der Waals surface area (Å²) < 4.78 is 0. The average molecular weight is 450 g/mol.